The van der Waals surface area contributed by atoms with Gasteiger partial charge < -0.3 is 15.6 Å². The van der Waals surface area contributed by atoms with Crippen molar-refractivity contribution in [1.82, 2.24) is 24.9 Å². The Morgan fingerprint density at radius 3 is 2.57 bits per heavy atom. The lowest BCUT2D eigenvalue weighted by Crippen LogP contribution is -1.95. The predicted octanol–water partition coefficient (Wildman–Crippen LogP) is 6.54. The standard InChI is InChI=1S/C29H22N8/c1-17-10-22(8-9-31-17)34-23-14-27-29(32-16-23)37-28(36-27)20-4-3-5-21(13-20)35-26-11-18(2)33-25-7-6-19(15-30)12-24(25)26/h3-14,16H,1-2H3,(H,31,34)(H,33,35)(H,32,36,37). The molecule has 6 rings (SSSR count). The SMILES string of the molecule is Cc1cc(Nc2cnc3nc(-c4cccc(Nc5cc(C)nc6ccc(C#N)cc56)c4)[nH]c3c2)ccn1. The Hall–Kier alpha value is -5.29. The number of aromatic nitrogens is 5. The van der Waals surface area contributed by atoms with Gasteiger partial charge in [0.1, 0.15) is 5.82 Å². The van der Waals surface area contributed by atoms with E-state index in [1.807, 2.05) is 74.5 Å². The van der Waals surface area contributed by atoms with Gasteiger partial charge in [-0.15, -0.1) is 0 Å². The lowest BCUT2D eigenvalue weighted by atomic mass is 10.1. The van der Waals surface area contributed by atoms with E-state index < -0.39 is 0 Å². The van der Waals surface area contributed by atoms with E-state index in [4.69, 9.17) is 4.98 Å². The number of fused-ring (bicyclic) bond motifs is 2. The number of benzene rings is 2. The molecule has 0 aliphatic rings. The fraction of sp³-hybridized carbons (Fsp3) is 0.0690. The second-order valence-corrected chi connectivity index (χ2v) is 8.85. The molecule has 8 nitrogen and oxygen atoms in total. The number of hydrogen-bond donors (Lipinski definition) is 3. The quantitative estimate of drug-likeness (QED) is 0.255. The highest BCUT2D eigenvalue weighted by Crippen LogP contribution is 2.30. The number of nitriles is 1. The van der Waals surface area contributed by atoms with Gasteiger partial charge in [0.25, 0.3) is 0 Å². The van der Waals surface area contributed by atoms with Crippen molar-refractivity contribution in [1.29, 1.82) is 5.26 Å². The van der Waals surface area contributed by atoms with E-state index in [1.54, 1.807) is 18.5 Å². The molecule has 8 heteroatoms. The first-order valence-electron chi connectivity index (χ1n) is 11.8. The number of aromatic amines is 1. The molecule has 3 N–H and O–H groups in total. The van der Waals surface area contributed by atoms with Crippen LogP contribution >= 0.6 is 0 Å². The smallest absolute Gasteiger partial charge is 0.178 e. The molecule has 4 aromatic heterocycles. The zero-order valence-electron chi connectivity index (χ0n) is 20.2. The highest BCUT2D eigenvalue weighted by Gasteiger charge is 2.10. The maximum absolute atomic E-state index is 9.34. The first kappa shape index (κ1) is 22.2. The molecule has 0 saturated heterocycles. The Bertz CT molecular complexity index is 1830. The van der Waals surface area contributed by atoms with Gasteiger partial charge in [-0.1, -0.05) is 12.1 Å². The van der Waals surface area contributed by atoms with Crippen LogP contribution < -0.4 is 10.6 Å². The van der Waals surface area contributed by atoms with Crippen molar-refractivity contribution in [3.8, 4) is 17.5 Å². The summed E-state index contributed by atoms with van der Waals surface area (Å²) >= 11 is 0. The topological polar surface area (TPSA) is 115 Å². The lowest BCUT2D eigenvalue weighted by molar-refractivity contribution is 1.20. The van der Waals surface area contributed by atoms with Crippen molar-refractivity contribution in [3.63, 3.8) is 0 Å². The van der Waals surface area contributed by atoms with Crippen LogP contribution in [0.5, 0.6) is 0 Å². The Morgan fingerprint density at radius 1 is 0.811 bits per heavy atom. The minimum atomic E-state index is 0.595. The van der Waals surface area contributed by atoms with E-state index in [0.29, 0.717) is 11.2 Å². The molecular weight excluding hydrogens is 460 g/mol. The number of pyridine rings is 3. The van der Waals surface area contributed by atoms with Crippen LogP contribution in [-0.4, -0.2) is 24.9 Å². The van der Waals surface area contributed by atoms with Crippen molar-refractivity contribution in [2.75, 3.05) is 10.6 Å². The molecule has 0 unspecified atom stereocenters. The van der Waals surface area contributed by atoms with Gasteiger partial charge in [-0.3, -0.25) is 9.97 Å². The van der Waals surface area contributed by atoms with Crippen LogP contribution in [0.25, 0.3) is 33.5 Å². The number of H-pyrrole nitrogens is 1. The minimum Gasteiger partial charge on any atom is -0.355 e. The van der Waals surface area contributed by atoms with E-state index in [2.05, 4.69) is 36.6 Å². The molecule has 0 spiro atoms. The number of hydrogen-bond acceptors (Lipinski definition) is 7. The molecule has 0 fully saturated rings. The van der Waals surface area contributed by atoms with Crippen LogP contribution in [0, 0.1) is 25.2 Å². The van der Waals surface area contributed by atoms with Crippen LogP contribution in [0.15, 0.2) is 79.1 Å². The van der Waals surface area contributed by atoms with E-state index in [1.165, 1.54) is 0 Å². The van der Waals surface area contributed by atoms with Crippen LogP contribution in [0.3, 0.4) is 0 Å². The first-order valence-corrected chi connectivity index (χ1v) is 11.8. The molecule has 6 aromatic rings. The largest absolute Gasteiger partial charge is 0.355 e. The van der Waals surface area contributed by atoms with Gasteiger partial charge in [0, 0.05) is 45.6 Å². The van der Waals surface area contributed by atoms with Crippen molar-refractivity contribution >= 4 is 44.8 Å². The van der Waals surface area contributed by atoms with Crippen LogP contribution in [-0.2, 0) is 0 Å². The molecule has 0 aliphatic heterocycles. The summed E-state index contributed by atoms with van der Waals surface area (Å²) in [5.74, 6) is 0.727. The Balaban J connectivity index is 1.31. The zero-order chi connectivity index (χ0) is 25.4. The van der Waals surface area contributed by atoms with Gasteiger partial charge in [-0.25, -0.2) is 9.97 Å². The summed E-state index contributed by atoms with van der Waals surface area (Å²) in [5.41, 5.74) is 9.28. The highest BCUT2D eigenvalue weighted by molar-refractivity contribution is 5.94. The Kier molecular flexibility index (Phi) is 5.43. The normalized spacial score (nSPS) is 10.9. The number of rotatable bonds is 5. The second-order valence-electron chi connectivity index (χ2n) is 8.85. The third-order valence-corrected chi connectivity index (χ3v) is 6.00. The van der Waals surface area contributed by atoms with Gasteiger partial charge in [-0.05, 0) is 68.4 Å². The first-order chi connectivity index (χ1) is 18.0. The minimum absolute atomic E-state index is 0.595. The van der Waals surface area contributed by atoms with Gasteiger partial charge in [0.2, 0.25) is 0 Å². The summed E-state index contributed by atoms with van der Waals surface area (Å²) in [6, 6.07) is 23.6. The molecular formula is C29H22N8. The average Bonchev–Trinajstić information content (AvgIpc) is 3.32. The maximum Gasteiger partial charge on any atom is 0.178 e. The van der Waals surface area contributed by atoms with Crippen LogP contribution in [0.1, 0.15) is 17.0 Å². The summed E-state index contributed by atoms with van der Waals surface area (Å²) in [4.78, 5) is 21.5. The summed E-state index contributed by atoms with van der Waals surface area (Å²) in [6.45, 7) is 3.91. The summed E-state index contributed by atoms with van der Waals surface area (Å²) < 4.78 is 0. The van der Waals surface area contributed by atoms with Gasteiger partial charge in [0.05, 0.1) is 34.6 Å². The van der Waals surface area contributed by atoms with Crippen molar-refractivity contribution in [2.24, 2.45) is 0 Å². The molecule has 4 heterocycles. The van der Waals surface area contributed by atoms with E-state index in [0.717, 1.165) is 61.9 Å². The predicted molar refractivity (Wildman–Crippen MR) is 146 cm³/mol. The van der Waals surface area contributed by atoms with E-state index in [9.17, 15) is 5.26 Å². The fourth-order valence-corrected chi connectivity index (χ4v) is 4.33. The van der Waals surface area contributed by atoms with Crippen molar-refractivity contribution < 1.29 is 0 Å². The zero-order valence-corrected chi connectivity index (χ0v) is 20.2. The van der Waals surface area contributed by atoms with Gasteiger partial charge in [-0.2, -0.15) is 5.26 Å². The molecule has 37 heavy (non-hydrogen) atoms. The number of anilines is 4. The van der Waals surface area contributed by atoms with E-state index >= 15 is 0 Å². The second kappa shape index (κ2) is 9.06. The number of nitrogens with one attached hydrogen (secondary N) is 3. The molecule has 0 aliphatic carbocycles. The van der Waals surface area contributed by atoms with Gasteiger partial charge in [0.15, 0.2) is 5.65 Å². The van der Waals surface area contributed by atoms with E-state index in [-0.39, 0.29) is 0 Å². The molecule has 0 saturated carbocycles. The van der Waals surface area contributed by atoms with Crippen molar-refractivity contribution in [3.05, 3.63) is 96.1 Å². The lowest BCUT2D eigenvalue weighted by Gasteiger charge is -2.12. The Morgan fingerprint density at radius 2 is 1.70 bits per heavy atom. The molecule has 0 radical (unpaired) electrons. The molecule has 0 amide bonds. The van der Waals surface area contributed by atoms with Crippen LogP contribution in [0.2, 0.25) is 0 Å². The number of imidazole rings is 1. The summed E-state index contributed by atoms with van der Waals surface area (Å²) in [7, 11) is 0. The summed E-state index contributed by atoms with van der Waals surface area (Å²) in [5, 5.41) is 17.1. The van der Waals surface area contributed by atoms with Gasteiger partial charge >= 0.3 is 0 Å². The number of aryl methyl sites for hydroxylation is 2. The molecule has 0 atom stereocenters. The molecule has 0 bridgehead atoms. The van der Waals surface area contributed by atoms with Crippen LogP contribution in [0.4, 0.5) is 22.7 Å². The maximum atomic E-state index is 9.34. The third-order valence-electron chi connectivity index (χ3n) is 6.00. The monoisotopic (exact) mass is 482 g/mol. The fourth-order valence-electron chi connectivity index (χ4n) is 4.33. The number of nitrogens with zero attached hydrogens (tertiary/aromatic N) is 5. The highest BCUT2D eigenvalue weighted by atomic mass is 15.0. The molecule has 178 valence electrons. The summed E-state index contributed by atoms with van der Waals surface area (Å²) in [6.07, 6.45) is 3.55. The van der Waals surface area contributed by atoms with Crippen molar-refractivity contribution in [2.45, 2.75) is 13.8 Å². The molecule has 2 aromatic carbocycles. The average molecular weight is 483 g/mol. The Labute approximate surface area is 213 Å². The third kappa shape index (κ3) is 4.54.